The van der Waals surface area contributed by atoms with E-state index in [2.05, 4.69) is 15.4 Å². The Kier molecular flexibility index (Phi) is 4.26. The molecule has 2 heterocycles. The number of nitrogens with one attached hydrogen (secondary N) is 1. The van der Waals surface area contributed by atoms with Gasteiger partial charge in [-0.25, -0.2) is 13.9 Å². The Hall–Kier alpha value is -2.80. The van der Waals surface area contributed by atoms with Crippen LogP contribution in [0.4, 0.5) is 10.1 Å². The lowest BCUT2D eigenvalue weighted by Gasteiger charge is -2.11. The van der Waals surface area contributed by atoms with Gasteiger partial charge in [-0.1, -0.05) is 6.07 Å². The Morgan fingerprint density at radius 1 is 1.33 bits per heavy atom. The summed E-state index contributed by atoms with van der Waals surface area (Å²) in [6.07, 6.45) is 3.33. The van der Waals surface area contributed by atoms with E-state index in [-0.39, 0.29) is 11.4 Å². The molecule has 0 unspecified atom stereocenters. The molecule has 0 aliphatic rings. The number of hydrogen-bond donors (Lipinski definition) is 1. The average molecular weight is 327 g/mol. The van der Waals surface area contributed by atoms with Crippen LogP contribution in [0.25, 0.3) is 5.65 Å². The molecule has 0 bridgehead atoms. The molecule has 0 atom stereocenters. The van der Waals surface area contributed by atoms with Gasteiger partial charge in [0.25, 0.3) is 5.91 Å². The van der Waals surface area contributed by atoms with Crippen molar-refractivity contribution < 1.29 is 9.18 Å². The Morgan fingerprint density at radius 2 is 2.12 bits per heavy atom. The van der Waals surface area contributed by atoms with E-state index < -0.39 is 11.7 Å². The van der Waals surface area contributed by atoms with Crippen LogP contribution in [-0.2, 0) is 6.54 Å². The molecule has 2 aromatic heterocycles. The van der Waals surface area contributed by atoms with E-state index in [1.807, 2.05) is 25.9 Å². The van der Waals surface area contributed by atoms with Crippen LogP contribution in [0, 0.1) is 12.7 Å². The SMILES string of the molecule is Cc1cnn2ccc(C(=O)Nc3ccc(CN(C)C)cc3F)nc12. The van der Waals surface area contributed by atoms with Crippen molar-refractivity contribution in [1.82, 2.24) is 19.5 Å². The first-order chi connectivity index (χ1) is 11.4. The van der Waals surface area contributed by atoms with Crippen molar-refractivity contribution in [3.8, 4) is 0 Å². The fraction of sp³-hybridized carbons (Fsp3) is 0.235. The fourth-order valence-corrected chi connectivity index (χ4v) is 2.42. The van der Waals surface area contributed by atoms with Gasteiger partial charge >= 0.3 is 0 Å². The van der Waals surface area contributed by atoms with Gasteiger partial charge in [0.15, 0.2) is 5.65 Å². The number of benzene rings is 1. The summed E-state index contributed by atoms with van der Waals surface area (Å²) in [4.78, 5) is 18.5. The van der Waals surface area contributed by atoms with Crippen LogP contribution in [0.15, 0.2) is 36.7 Å². The lowest BCUT2D eigenvalue weighted by Crippen LogP contribution is -2.16. The van der Waals surface area contributed by atoms with Crippen molar-refractivity contribution in [2.75, 3.05) is 19.4 Å². The molecule has 124 valence electrons. The van der Waals surface area contributed by atoms with Gasteiger partial charge < -0.3 is 10.2 Å². The van der Waals surface area contributed by atoms with Crippen LogP contribution >= 0.6 is 0 Å². The van der Waals surface area contributed by atoms with Crippen molar-refractivity contribution >= 4 is 17.2 Å². The minimum atomic E-state index is -0.468. The topological polar surface area (TPSA) is 62.5 Å². The van der Waals surface area contributed by atoms with Crippen molar-refractivity contribution in [3.05, 3.63) is 59.3 Å². The molecule has 0 spiro atoms. The van der Waals surface area contributed by atoms with E-state index in [1.165, 1.54) is 6.07 Å². The smallest absolute Gasteiger partial charge is 0.274 e. The summed E-state index contributed by atoms with van der Waals surface area (Å²) in [7, 11) is 3.82. The average Bonchev–Trinajstić information content (AvgIpc) is 2.90. The normalized spacial score (nSPS) is 11.2. The lowest BCUT2D eigenvalue weighted by atomic mass is 10.2. The van der Waals surface area contributed by atoms with E-state index in [9.17, 15) is 9.18 Å². The molecule has 1 amide bonds. The van der Waals surface area contributed by atoms with Gasteiger partial charge in [0, 0.05) is 18.3 Å². The molecule has 1 N–H and O–H groups in total. The zero-order valence-corrected chi connectivity index (χ0v) is 13.7. The molecule has 3 rings (SSSR count). The molecule has 6 nitrogen and oxygen atoms in total. The van der Waals surface area contributed by atoms with Crippen LogP contribution in [-0.4, -0.2) is 39.5 Å². The Bertz CT molecular complexity index is 903. The third-order valence-electron chi connectivity index (χ3n) is 3.56. The van der Waals surface area contributed by atoms with Crippen LogP contribution in [0.3, 0.4) is 0 Å². The summed E-state index contributed by atoms with van der Waals surface area (Å²) in [5.41, 5.74) is 2.65. The van der Waals surface area contributed by atoms with Gasteiger partial charge in [-0.2, -0.15) is 5.10 Å². The summed E-state index contributed by atoms with van der Waals surface area (Å²) in [6, 6.07) is 6.32. The number of hydrogen-bond acceptors (Lipinski definition) is 4. The second kappa shape index (κ2) is 6.37. The molecule has 0 aliphatic carbocycles. The van der Waals surface area contributed by atoms with Gasteiger partial charge in [0.05, 0.1) is 11.9 Å². The maximum absolute atomic E-state index is 14.2. The van der Waals surface area contributed by atoms with Crippen molar-refractivity contribution in [2.24, 2.45) is 0 Å². The van der Waals surface area contributed by atoms with Gasteiger partial charge in [-0.3, -0.25) is 4.79 Å². The predicted octanol–water partition coefficient (Wildman–Crippen LogP) is 2.49. The number of anilines is 1. The largest absolute Gasteiger partial charge is 0.318 e. The second-order valence-corrected chi connectivity index (χ2v) is 5.91. The fourth-order valence-electron chi connectivity index (χ4n) is 2.42. The maximum atomic E-state index is 14.2. The summed E-state index contributed by atoms with van der Waals surface area (Å²) >= 11 is 0. The van der Waals surface area contributed by atoms with Crippen molar-refractivity contribution in [2.45, 2.75) is 13.5 Å². The number of aryl methyl sites for hydroxylation is 1. The molecule has 7 heteroatoms. The quantitative estimate of drug-likeness (QED) is 0.800. The van der Waals surface area contributed by atoms with E-state index >= 15 is 0 Å². The first kappa shape index (κ1) is 16.1. The van der Waals surface area contributed by atoms with Crippen LogP contribution in [0.1, 0.15) is 21.6 Å². The number of fused-ring (bicyclic) bond motifs is 1. The molecule has 1 aromatic carbocycles. The van der Waals surface area contributed by atoms with E-state index in [0.717, 1.165) is 11.1 Å². The van der Waals surface area contributed by atoms with E-state index in [1.54, 1.807) is 35.1 Å². The molecular weight excluding hydrogens is 309 g/mol. The number of halogens is 1. The molecule has 0 aliphatic heterocycles. The molecule has 0 radical (unpaired) electrons. The molecule has 3 aromatic rings. The standard InChI is InChI=1S/C17H18FN5O/c1-11-9-19-23-7-6-15(20-16(11)23)17(24)21-14-5-4-12(8-13(14)18)10-22(2)3/h4-9H,10H2,1-3H3,(H,21,24). The molecule has 0 saturated carbocycles. The van der Waals surface area contributed by atoms with Gasteiger partial charge in [0.2, 0.25) is 0 Å². The number of carbonyl (C=O) groups excluding carboxylic acids is 1. The first-order valence-electron chi connectivity index (χ1n) is 7.49. The Labute approximate surface area is 138 Å². The second-order valence-electron chi connectivity index (χ2n) is 5.91. The zero-order valence-electron chi connectivity index (χ0n) is 13.7. The number of carbonyl (C=O) groups is 1. The minimum Gasteiger partial charge on any atom is -0.318 e. The van der Waals surface area contributed by atoms with E-state index in [4.69, 9.17) is 0 Å². The number of aromatic nitrogens is 3. The molecular formula is C17H18FN5O. The van der Waals surface area contributed by atoms with Gasteiger partial charge in [0.1, 0.15) is 11.5 Å². The third kappa shape index (κ3) is 3.26. The zero-order chi connectivity index (χ0) is 17.3. The van der Waals surface area contributed by atoms with Crippen LogP contribution in [0.5, 0.6) is 0 Å². The Balaban J connectivity index is 1.81. The first-order valence-corrected chi connectivity index (χ1v) is 7.49. The van der Waals surface area contributed by atoms with Crippen molar-refractivity contribution in [3.63, 3.8) is 0 Å². The molecule has 24 heavy (non-hydrogen) atoms. The van der Waals surface area contributed by atoms with E-state index in [0.29, 0.717) is 12.2 Å². The minimum absolute atomic E-state index is 0.134. The van der Waals surface area contributed by atoms with Gasteiger partial charge in [-0.15, -0.1) is 0 Å². The molecule has 0 saturated heterocycles. The summed E-state index contributed by atoms with van der Waals surface area (Å²) < 4.78 is 15.8. The van der Waals surface area contributed by atoms with Crippen molar-refractivity contribution in [1.29, 1.82) is 0 Å². The summed E-state index contributed by atoms with van der Waals surface area (Å²) in [6.45, 7) is 2.49. The maximum Gasteiger partial charge on any atom is 0.274 e. The number of nitrogens with zero attached hydrogens (tertiary/aromatic N) is 4. The predicted molar refractivity (Wildman–Crippen MR) is 89.5 cm³/mol. The highest BCUT2D eigenvalue weighted by Gasteiger charge is 2.13. The van der Waals surface area contributed by atoms with Crippen LogP contribution in [0.2, 0.25) is 0 Å². The summed E-state index contributed by atoms with van der Waals surface area (Å²) in [5.74, 6) is -0.929. The molecule has 0 fully saturated rings. The highest BCUT2D eigenvalue weighted by atomic mass is 19.1. The lowest BCUT2D eigenvalue weighted by molar-refractivity contribution is 0.102. The highest BCUT2D eigenvalue weighted by molar-refractivity contribution is 6.03. The monoisotopic (exact) mass is 327 g/mol. The Morgan fingerprint density at radius 3 is 2.83 bits per heavy atom. The number of rotatable bonds is 4. The third-order valence-corrected chi connectivity index (χ3v) is 3.56. The van der Waals surface area contributed by atoms with Crippen LogP contribution < -0.4 is 5.32 Å². The summed E-state index contributed by atoms with van der Waals surface area (Å²) in [5, 5.41) is 6.67. The number of amides is 1. The highest BCUT2D eigenvalue weighted by Crippen LogP contribution is 2.17. The van der Waals surface area contributed by atoms with Gasteiger partial charge in [-0.05, 0) is 44.8 Å².